The molecule has 0 fully saturated rings. The van der Waals surface area contributed by atoms with Crippen molar-refractivity contribution in [2.24, 2.45) is 0 Å². The number of hydrogen-bond donors (Lipinski definition) is 1. The predicted octanol–water partition coefficient (Wildman–Crippen LogP) is 3.51. The van der Waals surface area contributed by atoms with Crippen LogP contribution >= 0.6 is 11.3 Å². The molecule has 0 saturated carbocycles. The molecular formula is C18H16FN3OS. The van der Waals surface area contributed by atoms with Gasteiger partial charge in [-0.15, -0.1) is 11.3 Å². The molecule has 0 bridgehead atoms. The second-order valence-electron chi connectivity index (χ2n) is 5.31. The summed E-state index contributed by atoms with van der Waals surface area (Å²) in [4.78, 5) is 21.7. The summed E-state index contributed by atoms with van der Waals surface area (Å²) in [5, 5.41) is 3.65. The molecule has 0 aliphatic rings. The third-order valence-electron chi connectivity index (χ3n) is 3.50. The molecule has 0 atom stereocenters. The molecule has 6 heteroatoms. The largest absolute Gasteiger partial charge is 0.350 e. The normalized spacial score (nSPS) is 10.6. The molecule has 2 heterocycles. The van der Waals surface area contributed by atoms with E-state index in [0.717, 1.165) is 26.8 Å². The molecule has 2 aromatic heterocycles. The van der Waals surface area contributed by atoms with E-state index < -0.39 is 0 Å². The van der Waals surface area contributed by atoms with Crippen LogP contribution in [0.5, 0.6) is 0 Å². The third kappa shape index (κ3) is 4.02. The van der Waals surface area contributed by atoms with Crippen LogP contribution in [-0.4, -0.2) is 15.9 Å². The summed E-state index contributed by atoms with van der Waals surface area (Å²) in [6.07, 6.45) is 1.97. The number of nitrogens with zero attached hydrogens (tertiary/aromatic N) is 2. The first-order chi connectivity index (χ1) is 11.6. The van der Waals surface area contributed by atoms with Gasteiger partial charge in [0, 0.05) is 16.6 Å². The van der Waals surface area contributed by atoms with E-state index in [-0.39, 0.29) is 18.1 Å². The highest BCUT2D eigenvalue weighted by Crippen LogP contribution is 2.28. The Morgan fingerprint density at radius 1 is 1.21 bits per heavy atom. The maximum absolute atomic E-state index is 13.0. The average molecular weight is 341 g/mol. The van der Waals surface area contributed by atoms with Gasteiger partial charge in [-0.3, -0.25) is 9.78 Å². The second kappa shape index (κ2) is 7.31. The van der Waals surface area contributed by atoms with E-state index in [1.54, 1.807) is 18.3 Å². The van der Waals surface area contributed by atoms with Crippen LogP contribution in [-0.2, 0) is 17.8 Å². The molecule has 3 aromatic rings. The van der Waals surface area contributed by atoms with Crippen LogP contribution in [0.2, 0.25) is 0 Å². The number of pyridine rings is 1. The van der Waals surface area contributed by atoms with Crippen LogP contribution in [0.4, 0.5) is 4.39 Å². The van der Waals surface area contributed by atoms with Crippen molar-refractivity contribution in [3.63, 3.8) is 0 Å². The van der Waals surface area contributed by atoms with E-state index in [2.05, 4.69) is 15.3 Å². The monoisotopic (exact) mass is 341 g/mol. The Balaban J connectivity index is 1.65. The summed E-state index contributed by atoms with van der Waals surface area (Å²) in [6, 6.07) is 11.8. The molecule has 4 nitrogen and oxygen atoms in total. The summed E-state index contributed by atoms with van der Waals surface area (Å²) < 4.78 is 13.0. The van der Waals surface area contributed by atoms with E-state index in [9.17, 15) is 9.18 Å². The molecule has 0 unspecified atom stereocenters. The van der Waals surface area contributed by atoms with Gasteiger partial charge in [-0.1, -0.05) is 6.07 Å². The lowest BCUT2D eigenvalue weighted by molar-refractivity contribution is -0.120. The lowest BCUT2D eigenvalue weighted by Crippen LogP contribution is -2.24. The lowest BCUT2D eigenvalue weighted by Gasteiger charge is -2.03. The zero-order valence-corrected chi connectivity index (χ0v) is 13.9. The van der Waals surface area contributed by atoms with Crippen LogP contribution in [0.1, 0.15) is 16.3 Å². The van der Waals surface area contributed by atoms with Crippen LogP contribution in [0, 0.1) is 12.7 Å². The Hall–Kier alpha value is -2.60. The Morgan fingerprint density at radius 2 is 2.00 bits per heavy atom. The Labute approximate surface area is 143 Å². The molecule has 1 amide bonds. The molecule has 3 rings (SSSR count). The molecule has 0 saturated heterocycles. The van der Waals surface area contributed by atoms with Gasteiger partial charge in [0.25, 0.3) is 0 Å². The van der Waals surface area contributed by atoms with Crippen molar-refractivity contribution in [2.75, 3.05) is 0 Å². The van der Waals surface area contributed by atoms with Crippen molar-refractivity contribution in [2.45, 2.75) is 19.9 Å². The molecule has 1 N–H and O–H groups in total. The summed E-state index contributed by atoms with van der Waals surface area (Å²) in [6.45, 7) is 2.28. The van der Waals surface area contributed by atoms with Gasteiger partial charge in [0.2, 0.25) is 5.91 Å². The Kier molecular flexibility index (Phi) is 4.96. The summed E-state index contributed by atoms with van der Waals surface area (Å²) in [7, 11) is 0. The maximum Gasteiger partial charge on any atom is 0.225 e. The summed E-state index contributed by atoms with van der Waals surface area (Å²) in [5.41, 5.74) is 2.50. The Morgan fingerprint density at radius 3 is 2.71 bits per heavy atom. The first kappa shape index (κ1) is 16.3. The van der Waals surface area contributed by atoms with Crippen molar-refractivity contribution in [1.29, 1.82) is 0 Å². The quantitative estimate of drug-likeness (QED) is 0.773. The van der Waals surface area contributed by atoms with E-state index in [1.165, 1.54) is 23.5 Å². The Bertz CT molecular complexity index is 831. The van der Waals surface area contributed by atoms with Gasteiger partial charge >= 0.3 is 0 Å². The third-order valence-corrected chi connectivity index (χ3v) is 4.70. The standard InChI is InChI=1S/C18H16FN3OS/c1-12-16(10-17(23)21-11-15-4-2-3-9-20-15)24-18(22-12)13-5-7-14(19)8-6-13/h2-9H,10-11H2,1H3,(H,21,23). The van der Waals surface area contributed by atoms with Gasteiger partial charge in [-0.05, 0) is 43.3 Å². The van der Waals surface area contributed by atoms with Gasteiger partial charge in [0.1, 0.15) is 10.8 Å². The molecule has 122 valence electrons. The van der Waals surface area contributed by atoms with Gasteiger partial charge < -0.3 is 5.32 Å². The molecular weight excluding hydrogens is 325 g/mol. The number of aromatic nitrogens is 2. The van der Waals surface area contributed by atoms with Gasteiger partial charge in [-0.25, -0.2) is 9.37 Å². The molecule has 1 aromatic carbocycles. The van der Waals surface area contributed by atoms with E-state index in [4.69, 9.17) is 0 Å². The fourth-order valence-electron chi connectivity index (χ4n) is 2.21. The molecule has 24 heavy (non-hydrogen) atoms. The van der Waals surface area contributed by atoms with Crippen molar-refractivity contribution in [3.8, 4) is 10.6 Å². The number of amides is 1. The van der Waals surface area contributed by atoms with Crippen LogP contribution in [0.25, 0.3) is 10.6 Å². The van der Waals surface area contributed by atoms with Crippen molar-refractivity contribution < 1.29 is 9.18 Å². The zero-order chi connectivity index (χ0) is 16.9. The highest BCUT2D eigenvalue weighted by molar-refractivity contribution is 7.15. The fourth-order valence-corrected chi connectivity index (χ4v) is 3.27. The van der Waals surface area contributed by atoms with Gasteiger partial charge in [-0.2, -0.15) is 0 Å². The highest BCUT2D eigenvalue weighted by Gasteiger charge is 2.13. The lowest BCUT2D eigenvalue weighted by atomic mass is 10.2. The van der Waals surface area contributed by atoms with Gasteiger partial charge in [0.05, 0.1) is 24.4 Å². The minimum absolute atomic E-state index is 0.0712. The fraction of sp³-hybridized carbons (Fsp3) is 0.167. The summed E-state index contributed by atoms with van der Waals surface area (Å²) >= 11 is 1.46. The van der Waals surface area contributed by atoms with Gasteiger partial charge in [0.15, 0.2) is 0 Å². The number of aryl methyl sites for hydroxylation is 1. The van der Waals surface area contributed by atoms with Crippen LogP contribution in [0.3, 0.4) is 0 Å². The number of nitrogens with one attached hydrogen (secondary N) is 1. The number of thiazole rings is 1. The average Bonchev–Trinajstić information content (AvgIpc) is 2.95. The number of halogens is 1. The predicted molar refractivity (Wildman–Crippen MR) is 92.0 cm³/mol. The zero-order valence-electron chi connectivity index (χ0n) is 13.1. The minimum Gasteiger partial charge on any atom is -0.350 e. The minimum atomic E-state index is -0.277. The number of hydrogen-bond acceptors (Lipinski definition) is 4. The van der Waals surface area contributed by atoms with E-state index in [1.807, 2.05) is 25.1 Å². The van der Waals surface area contributed by atoms with Crippen LogP contribution < -0.4 is 5.32 Å². The SMILES string of the molecule is Cc1nc(-c2ccc(F)cc2)sc1CC(=O)NCc1ccccn1. The topological polar surface area (TPSA) is 54.9 Å². The maximum atomic E-state index is 13.0. The second-order valence-corrected chi connectivity index (χ2v) is 6.39. The van der Waals surface area contributed by atoms with E-state index in [0.29, 0.717) is 6.54 Å². The van der Waals surface area contributed by atoms with Crippen molar-refractivity contribution in [3.05, 3.63) is 70.7 Å². The molecule has 0 radical (unpaired) electrons. The summed E-state index contributed by atoms with van der Waals surface area (Å²) in [5.74, 6) is -0.348. The first-order valence-electron chi connectivity index (χ1n) is 7.50. The number of benzene rings is 1. The number of rotatable bonds is 5. The number of carbonyl (C=O) groups is 1. The number of carbonyl (C=O) groups excluding carboxylic acids is 1. The molecule has 0 aliphatic heterocycles. The van der Waals surface area contributed by atoms with Crippen LogP contribution in [0.15, 0.2) is 48.7 Å². The molecule has 0 spiro atoms. The van der Waals surface area contributed by atoms with Crippen molar-refractivity contribution >= 4 is 17.2 Å². The highest BCUT2D eigenvalue weighted by atomic mass is 32.1. The van der Waals surface area contributed by atoms with E-state index >= 15 is 0 Å². The molecule has 0 aliphatic carbocycles. The first-order valence-corrected chi connectivity index (χ1v) is 8.32. The smallest absolute Gasteiger partial charge is 0.225 e. The van der Waals surface area contributed by atoms with Crippen molar-refractivity contribution in [1.82, 2.24) is 15.3 Å².